The van der Waals surface area contributed by atoms with Crippen LogP contribution in [0, 0.1) is 0 Å². The van der Waals surface area contributed by atoms with Gasteiger partial charge >= 0.3 is 6.18 Å². The van der Waals surface area contributed by atoms with E-state index in [2.05, 4.69) is 27.7 Å². The van der Waals surface area contributed by atoms with Crippen LogP contribution in [0.15, 0.2) is 36.4 Å². The average molecular weight is 389 g/mol. The Morgan fingerprint density at radius 1 is 1.11 bits per heavy atom. The third kappa shape index (κ3) is 3.02. The first kappa shape index (κ1) is 17.8. The summed E-state index contributed by atoms with van der Waals surface area (Å²) in [6.07, 6.45) is -3.21. The molecule has 0 unspecified atom stereocenters. The van der Waals surface area contributed by atoms with Gasteiger partial charge in [-0.1, -0.05) is 0 Å². The maximum absolute atomic E-state index is 12.8. The second-order valence-corrected chi connectivity index (χ2v) is 7.69. The van der Waals surface area contributed by atoms with Gasteiger partial charge in [-0.3, -0.25) is 0 Å². The van der Waals surface area contributed by atoms with E-state index in [-0.39, 0.29) is 0 Å². The van der Waals surface area contributed by atoms with E-state index in [4.69, 9.17) is 4.74 Å². The van der Waals surface area contributed by atoms with E-state index in [1.807, 2.05) is 0 Å². The van der Waals surface area contributed by atoms with Gasteiger partial charge < -0.3 is 20.3 Å². The average Bonchev–Trinajstić information content (AvgIpc) is 2.83. The minimum atomic E-state index is -4.32. The van der Waals surface area contributed by atoms with Crippen LogP contribution in [-0.2, 0) is 17.5 Å². The van der Waals surface area contributed by atoms with Gasteiger partial charge in [0.25, 0.3) is 0 Å². The summed E-state index contributed by atoms with van der Waals surface area (Å²) in [6, 6.07) is 9.89. The number of rotatable bonds is 2. The van der Waals surface area contributed by atoms with E-state index in [0.717, 1.165) is 49.4 Å². The Hall–Kier alpha value is -2.25. The summed E-state index contributed by atoms with van der Waals surface area (Å²) in [5, 5.41) is 6.78. The normalized spacial score (nSPS) is 23.8. The van der Waals surface area contributed by atoms with Crippen molar-refractivity contribution in [2.75, 3.05) is 36.5 Å². The van der Waals surface area contributed by atoms with Crippen molar-refractivity contribution in [3.05, 3.63) is 53.1 Å². The molecule has 1 saturated heterocycles. The molecule has 28 heavy (non-hydrogen) atoms. The second-order valence-electron chi connectivity index (χ2n) is 7.69. The summed E-state index contributed by atoms with van der Waals surface area (Å²) < 4.78 is 44.2. The topological polar surface area (TPSA) is 36.5 Å². The molecule has 2 N–H and O–H groups in total. The lowest BCUT2D eigenvalue weighted by molar-refractivity contribution is -0.137. The number of anilines is 3. The van der Waals surface area contributed by atoms with Crippen LogP contribution in [-0.4, -0.2) is 32.3 Å². The summed E-state index contributed by atoms with van der Waals surface area (Å²) in [4.78, 5) is 2.51. The second kappa shape index (κ2) is 6.67. The van der Waals surface area contributed by atoms with E-state index in [1.165, 1.54) is 23.4 Å². The van der Waals surface area contributed by atoms with E-state index < -0.39 is 11.7 Å². The van der Waals surface area contributed by atoms with Crippen LogP contribution in [0.1, 0.15) is 29.0 Å². The molecular weight excluding hydrogens is 367 g/mol. The monoisotopic (exact) mass is 389 g/mol. The van der Waals surface area contributed by atoms with Gasteiger partial charge in [0.05, 0.1) is 18.8 Å². The number of nitrogens with zero attached hydrogens (tertiary/aromatic N) is 1. The quantitative estimate of drug-likeness (QED) is 0.805. The van der Waals surface area contributed by atoms with Crippen LogP contribution in [0.2, 0.25) is 0 Å². The highest BCUT2D eigenvalue weighted by molar-refractivity contribution is 5.74. The summed E-state index contributed by atoms with van der Waals surface area (Å²) >= 11 is 0. The maximum Gasteiger partial charge on any atom is 0.416 e. The summed E-state index contributed by atoms with van der Waals surface area (Å²) in [7, 11) is 0. The van der Waals surface area contributed by atoms with Gasteiger partial charge in [0, 0.05) is 47.7 Å². The predicted molar refractivity (Wildman–Crippen MR) is 102 cm³/mol. The van der Waals surface area contributed by atoms with Gasteiger partial charge in [-0.25, -0.2) is 0 Å². The van der Waals surface area contributed by atoms with Crippen LogP contribution in [0.5, 0.6) is 0 Å². The van der Waals surface area contributed by atoms with Crippen LogP contribution in [0.4, 0.5) is 30.2 Å². The molecular formula is C21H22F3N3O. The molecule has 148 valence electrons. The molecule has 0 bridgehead atoms. The highest BCUT2D eigenvalue weighted by atomic mass is 19.4. The fourth-order valence-corrected chi connectivity index (χ4v) is 4.77. The van der Waals surface area contributed by atoms with Gasteiger partial charge in [-0.2, -0.15) is 13.2 Å². The van der Waals surface area contributed by atoms with E-state index >= 15 is 0 Å². The van der Waals surface area contributed by atoms with Crippen molar-refractivity contribution in [3.63, 3.8) is 0 Å². The zero-order valence-electron chi connectivity index (χ0n) is 15.4. The first-order valence-corrected chi connectivity index (χ1v) is 9.67. The summed E-state index contributed by atoms with van der Waals surface area (Å²) in [6.45, 7) is 4.17. The lowest BCUT2D eigenvalue weighted by Gasteiger charge is -2.33. The fourth-order valence-electron chi connectivity index (χ4n) is 4.77. The van der Waals surface area contributed by atoms with Crippen molar-refractivity contribution < 1.29 is 17.9 Å². The van der Waals surface area contributed by atoms with Crippen molar-refractivity contribution in [2.24, 2.45) is 0 Å². The SMILES string of the molecule is FC(F)(F)c1ccc(Nc2cc3c4c(c2)[C@@H]2CNCC[C@@H]2N4CCOC3)cc1. The molecule has 0 saturated carbocycles. The molecule has 2 atom stereocenters. The summed E-state index contributed by atoms with van der Waals surface area (Å²) in [5.74, 6) is 0.440. The molecule has 0 amide bonds. The molecule has 3 heterocycles. The first-order chi connectivity index (χ1) is 13.5. The minimum absolute atomic E-state index is 0.440. The minimum Gasteiger partial charge on any atom is -0.375 e. The third-order valence-electron chi connectivity index (χ3n) is 5.99. The van der Waals surface area contributed by atoms with Gasteiger partial charge in [-0.15, -0.1) is 0 Å². The molecule has 4 nitrogen and oxygen atoms in total. The predicted octanol–water partition coefficient (Wildman–Crippen LogP) is 4.24. The smallest absolute Gasteiger partial charge is 0.375 e. The number of halogens is 3. The largest absolute Gasteiger partial charge is 0.416 e. The molecule has 3 aliphatic heterocycles. The zero-order valence-corrected chi connectivity index (χ0v) is 15.4. The van der Waals surface area contributed by atoms with Crippen LogP contribution < -0.4 is 15.5 Å². The number of hydrogen-bond donors (Lipinski definition) is 2. The molecule has 2 aromatic carbocycles. The van der Waals surface area contributed by atoms with E-state index in [1.54, 1.807) is 0 Å². The van der Waals surface area contributed by atoms with Crippen molar-refractivity contribution in [3.8, 4) is 0 Å². The van der Waals surface area contributed by atoms with Gasteiger partial charge in [0.2, 0.25) is 0 Å². The molecule has 0 aliphatic carbocycles. The zero-order chi connectivity index (χ0) is 19.3. The van der Waals surface area contributed by atoms with E-state index in [9.17, 15) is 13.2 Å². The van der Waals surface area contributed by atoms with Crippen molar-refractivity contribution in [1.29, 1.82) is 0 Å². The number of benzene rings is 2. The molecule has 7 heteroatoms. The molecule has 1 fully saturated rings. The maximum atomic E-state index is 12.8. The van der Waals surface area contributed by atoms with Crippen molar-refractivity contribution in [2.45, 2.75) is 31.2 Å². The van der Waals surface area contributed by atoms with E-state index in [0.29, 0.717) is 30.9 Å². The number of ether oxygens (including phenoxy) is 1. The Morgan fingerprint density at radius 2 is 1.93 bits per heavy atom. The van der Waals surface area contributed by atoms with Crippen molar-refractivity contribution in [1.82, 2.24) is 5.32 Å². The van der Waals surface area contributed by atoms with Gasteiger partial charge in [0.15, 0.2) is 0 Å². The fraction of sp³-hybridized carbons (Fsp3) is 0.429. The van der Waals surface area contributed by atoms with Gasteiger partial charge in [0.1, 0.15) is 0 Å². The Bertz CT molecular complexity index is 882. The lowest BCUT2D eigenvalue weighted by atomic mass is 9.89. The Labute approximate surface area is 161 Å². The summed E-state index contributed by atoms with van der Waals surface area (Å²) in [5.41, 5.74) is 4.66. The molecule has 0 aromatic heterocycles. The molecule has 0 radical (unpaired) electrons. The number of fused-ring (bicyclic) bond motifs is 3. The Morgan fingerprint density at radius 3 is 2.71 bits per heavy atom. The van der Waals surface area contributed by atoms with Crippen molar-refractivity contribution >= 4 is 17.1 Å². The first-order valence-electron chi connectivity index (χ1n) is 9.67. The molecule has 5 rings (SSSR count). The molecule has 0 spiro atoms. The lowest BCUT2D eigenvalue weighted by Crippen LogP contribution is -2.44. The third-order valence-corrected chi connectivity index (χ3v) is 5.99. The highest BCUT2D eigenvalue weighted by Gasteiger charge is 2.41. The number of piperidine rings is 1. The Balaban J connectivity index is 1.48. The number of nitrogens with one attached hydrogen (secondary N) is 2. The van der Waals surface area contributed by atoms with Gasteiger partial charge in [-0.05, 0) is 54.9 Å². The molecule has 2 aromatic rings. The highest BCUT2D eigenvalue weighted by Crippen LogP contribution is 2.47. The van der Waals surface area contributed by atoms with Crippen LogP contribution >= 0.6 is 0 Å². The van der Waals surface area contributed by atoms with Crippen LogP contribution in [0.25, 0.3) is 0 Å². The standard InChI is InChI=1S/C21H22F3N3O/c22-21(23,24)14-1-3-15(4-2-14)26-16-9-13-12-28-8-7-27-19-5-6-25-11-18(19)17(10-16)20(13)27/h1-4,9-10,18-19,25-26H,5-8,11-12H2/t18-,19-/m0/s1. The van der Waals surface area contributed by atoms with Crippen LogP contribution in [0.3, 0.4) is 0 Å². The Kier molecular flexibility index (Phi) is 4.25. The number of hydrogen-bond acceptors (Lipinski definition) is 4. The number of alkyl halides is 3. The molecule has 3 aliphatic rings.